The van der Waals surface area contributed by atoms with Crippen molar-refractivity contribution in [3.8, 4) is 0 Å². The molecule has 4 nitrogen and oxygen atoms in total. The summed E-state index contributed by atoms with van der Waals surface area (Å²) in [5, 5.41) is 3.56. The maximum absolute atomic E-state index is 14.3. The molecule has 2 heterocycles. The van der Waals surface area contributed by atoms with Gasteiger partial charge in [-0.2, -0.15) is 0 Å². The van der Waals surface area contributed by atoms with E-state index < -0.39 is 0 Å². The minimum absolute atomic E-state index is 0.169. The van der Waals surface area contributed by atoms with Gasteiger partial charge in [-0.3, -0.25) is 4.31 Å². The van der Waals surface area contributed by atoms with E-state index in [1.165, 1.54) is 23.4 Å². The molecule has 132 valence electrons. The Labute approximate surface area is 156 Å². The normalized spacial score (nSPS) is 17.5. The van der Waals surface area contributed by atoms with Crippen LogP contribution in [0.15, 0.2) is 36.4 Å². The lowest BCUT2D eigenvalue weighted by atomic mass is 10.1. The highest BCUT2D eigenvalue weighted by atomic mass is 35.5. The first kappa shape index (κ1) is 17.0. The number of halogens is 2. The van der Waals surface area contributed by atoms with E-state index in [9.17, 15) is 4.39 Å². The van der Waals surface area contributed by atoms with Crippen molar-refractivity contribution in [1.29, 1.82) is 0 Å². The number of anilines is 2. The lowest BCUT2D eigenvalue weighted by Crippen LogP contribution is -2.44. The summed E-state index contributed by atoms with van der Waals surface area (Å²) in [6.07, 6.45) is 0. The number of fused-ring (bicyclic) bond motifs is 1. The predicted octanol–water partition coefficient (Wildman–Crippen LogP) is 3.56. The van der Waals surface area contributed by atoms with E-state index in [0.29, 0.717) is 12.1 Å². The standard InChI is InChI=1S/C18H20ClFN4S/c19-15-4-1-3-13(18(15)20)12-24-17-6-2-5-16(14(17)11-22-25-24)23-9-7-21-8-10-23/h1-6,21-22H,7-12H2. The molecule has 0 atom stereocenters. The van der Waals surface area contributed by atoms with Crippen LogP contribution in [0.3, 0.4) is 0 Å². The third kappa shape index (κ3) is 3.44. The van der Waals surface area contributed by atoms with Gasteiger partial charge in [-0.25, -0.2) is 9.11 Å². The average molecular weight is 379 g/mol. The summed E-state index contributed by atoms with van der Waals surface area (Å²) in [4.78, 5) is 2.42. The van der Waals surface area contributed by atoms with Crippen molar-refractivity contribution in [2.45, 2.75) is 13.1 Å². The zero-order valence-electron chi connectivity index (χ0n) is 13.8. The molecule has 1 saturated heterocycles. The molecule has 0 saturated carbocycles. The number of rotatable bonds is 3. The molecule has 2 aliphatic rings. The van der Waals surface area contributed by atoms with E-state index in [2.05, 4.69) is 37.4 Å². The lowest BCUT2D eigenvalue weighted by molar-refractivity contribution is 0.587. The summed E-state index contributed by atoms with van der Waals surface area (Å²) in [7, 11) is 0. The first-order valence-electron chi connectivity index (χ1n) is 8.42. The summed E-state index contributed by atoms with van der Waals surface area (Å²) >= 11 is 7.44. The van der Waals surface area contributed by atoms with Gasteiger partial charge in [0.1, 0.15) is 5.82 Å². The highest BCUT2D eigenvalue weighted by molar-refractivity contribution is 7.98. The van der Waals surface area contributed by atoms with Gasteiger partial charge in [-0.1, -0.05) is 29.8 Å². The molecule has 0 amide bonds. The van der Waals surface area contributed by atoms with Crippen molar-refractivity contribution in [2.75, 3.05) is 35.4 Å². The quantitative estimate of drug-likeness (QED) is 0.797. The van der Waals surface area contributed by atoms with Crippen LogP contribution in [0.1, 0.15) is 11.1 Å². The van der Waals surface area contributed by atoms with Gasteiger partial charge >= 0.3 is 0 Å². The maximum atomic E-state index is 14.3. The Balaban J connectivity index is 1.64. The van der Waals surface area contributed by atoms with Gasteiger partial charge in [0.15, 0.2) is 0 Å². The molecule has 25 heavy (non-hydrogen) atoms. The van der Waals surface area contributed by atoms with E-state index in [1.807, 2.05) is 0 Å². The van der Waals surface area contributed by atoms with Gasteiger partial charge in [0, 0.05) is 61.7 Å². The minimum Gasteiger partial charge on any atom is -0.369 e. The Morgan fingerprint density at radius 3 is 2.68 bits per heavy atom. The van der Waals surface area contributed by atoms with E-state index >= 15 is 0 Å². The lowest BCUT2D eigenvalue weighted by Gasteiger charge is -2.36. The number of nitrogens with one attached hydrogen (secondary N) is 2. The molecule has 2 aromatic rings. The molecule has 0 unspecified atom stereocenters. The fourth-order valence-corrected chi connectivity index (χ4v) is 4.39. The highest BCUT2D eigenvalue weighted by Crippen LogP contribution is 2.38. The maximum Gasteiger partial charge on any atom is 0.146 e. The topological polar surface area (TPSA) is 30.5 Å². The number of hydrogen-bond donors (Lipinski definition) is 2. The first-order chi connectivity index (χ1) is 12.2. The molecule has 0 bridgehead atoms. The van der Waals surface area contributed by atoms with Crippen molar-refractivity contribution in [1.82, 2.24) is 10.0 Å². The van der Waals surface area contributed by atoms with E-state index in [0.717, 1.165) is 38.4 Å². The Hall–Kier alpha value is -1.47. The molecule has 2 N–H and O–H groups in total. The second-order valence-corrected chi connectivity index (χ2v) is 7.49. The van der Waals surface area contributed by atoms with Gasteiger partial charge in [-0.15, -0.1) is 0 Å². The van der Waals surface area contributed by atoms with Crippen molar-refractivity contribution in [3.05, 3.63) is 58.4 Å². The summed E-state index contributed by atoms with van der Waals surface area (Å²) in [5.74, 6) is -0.338. The van der Waals surface area contributed by atoms with Crippen LogP contribution >= 0.6 is 23.7 Å². The minimum atomic E-state index is -0.338. The van der Waals surface area contributed by atoms with E-state index in [1.54, 1.807) is 18.2 Å². The molecule has 7 heteroatoms. The van der Waals surface area contributed by atoms with Crippen molar-refractivity contribution >= 4 is 35.1 Å². The van der Waals surface area contributed by atoms with Gasteiger partial charge in [0.05, 0.1) is 17.3 Å². The van der Waals surface area contributed by atoms with Crippen LogP contribution in [-0.4, -0.2) is 26.2 Å². The number of piperazine rings is 1. The van der Waals surface area contributed by atoms with Crippen LogP contribution in [0.25, 0.3) is 0 Å². The number of benzene rings is 2. The van der Waals surface area contributed by atoms with Crippen molar-refractivity contribution in [2.24, 2.45) is 0 Å². The Morgan fingerprint density at radius 2 is 1.84 bits per heavy atom. The SMILES string of the molecule is Fc1c(Cl)cccc1CN1SNCc2c(N3CCNCC3)cccc21. The van der Waals surface area contributed by atoms with Gasteiger partial charge in [0.25, 0.3) is 0 Å². The predicted molar refractivity (Wildman–Crippen MR) is 104 cm³/mol. The highest BCUT2D eigenvalue weighted by Gasteiger charge is 2.24. The molecule has 0 radical (unpaired) electrons. The largest absolute Gasteiger partial charge is 0.369 e. The molecule has 2 aliphatic heterocycles. The fraction of sp³-hybridized carbons (Fsp3) is 0.333. The Morgan fingerprint density at radius 1 is 1.08 bits per heavy atom. The molecule has 4 rings (SSSR count). The second-order valence-electron chi connectivity index (χ2n) is 6.17. The summed E-state index contributed by atoms with van der Waals surface area (Å²) in [5.41, 5.74) is 4.27. The molecule has 0 spiro atoms. The third-order valence-electron chi connectivity index (χ3n) is 4.62. The van der Waals surface area contributed by atoms with Gasteiger partial charge in [0.2, 0.25) is 0 Å². The zero-order valence-corrected chi connectivity index (χ0v) is 15.3. The van der Waals surface area contributed by atoms with Crippen molar-refractivity contribution in [3.63, 3.8) is 0 Å². The summed E-state index contributed by atoms with van der Waals surface area (Å²) < 4.78 is 19.8. The number of hydrogen-bond acceptors (Lipinski definition) is 5. The Bertz CT molecular complexity index is 767. The molecule has 0 aromatic heterocycles. The van der Waals surface area contributed by atoms with Gasteiger partial charge < -0.3 is 10.2 Å². The average Bonchev–Trinajstić information content (AvgIpc) is 2.66. The molecule has 0 aliphatic carbocycles. The van der Waals surface area contributed by atoms with Gasteiger partial charge in [-0.05, 0) is 18.2 Å². The summed E-state index contributed by atoms with van der Waals surface area (Å²) in [6.45, 7) is 5.28. The smallest absolute Gasteiger partial charge is 0.146 e. The fourth-order valence-electron chi connectivity index (χ4n) is 3.35. The van der Waals surface area contributed by atoms with Crippen LogP contribution < -0.4 is 19.2 Å². The summed E-state index contributed by atoms with van der Waals surface area (Å²) in [6, 6.07) is 11.5. The zero-order chi connectivity index (χ0) is 17.2. The first-order valence-corrected chi connectivity index (χ1v) is 9.57. The monoisotopic (exact) mass is 378 g/mol. The van der Waals surface area contributed by atoms with Crippen LogP contribution in [-0.2, 0) is 13.1 Å². The van der Waals surface area contributed by atoms with E-state index in [-0.39, 0.29) is 10.8 Å². The van der Waals surface area contributed by atoms with Crippen LogP contribution in [0.4, 0.5) is 15.8 Å². The van der Waals surface area contributed by atoms with E-state index in [4.69, 9.17) is 11.6 Å². The van der Waals surface area contributed by atoms with Crippen LogP contribution in [0, 0.1) is 5.82 Å². The third-order valence-corrected chi connectivity index (χ3v) is 5.73. The molecular weight excluding hydrogens is 359 g/mol. The van der Waals surface area contributed by atoms with Crippen molar-refractivity contribution < 1.29 is 4.39 Å². The molecule has 2 aromatic carbocycles. The van der Waals surface area contributed by atoms with Crippen LogP contribution in [0.2, 0.25) is 5.02 Å². The second kappa shape index (κ2) is 7.41. The molecule has 1 fully saturated rings. The van der Waals surface area contributed by atoms with Crippen LogP contribution in [0.5, 0.6) is 0 Å². The Kier molecular flexibility index (Phi) is 5.03. The molecular formula is C18H20ClFN4S. The number of nitrogens with zero attached hydrogens (tertiary/aromatic N) is 2.